The third kappa shape index (κ3) is 4.89. The van der Waals surface area contributed by atoms with Gasteiger partial charge in [-0.05, 0) is 80.8 Å². The standard InChI is InChI=1S/C29H34N2O3/c1-3-33-29(32)27-19-30-31(28(27)23-12-13-23)25-11-7-10-24(18-25)22-14-16-26(17-15-22)34-20(2)21-8-5-4-6-9-21/h7,10-11,14-21,23H,3-6,8-9,12-13H2,1-2H3. The van der Waals surface area contributed by atoms with Crippen LogP contribution in [0.4, 0.5) is 0 Å². The number of nitrogens with zero attached hydrogens (tertiary/aromatic N) is 2. The Kier molecular flexibility index (Phi) is 6.70. The molecule has 0 radical (unpaired) electrons. The van der Waals surface area contributed by atoms with Crippen LogP contribution in [-0.2, 0) is 4.74 Å². The molecule has 3 aromatic rings. The number of benzene rings is 2. The lowest BCUT2D eigenvalue weighted by Gasteiger charge is -2.28. The van der Waals surface area contributed by atoms with Crippen molar-refractivity contribution in [3.63, 3.8) is 0 Å². The molecule has 2 aromatic carbocycles. The number of hydrogen-bond acceptors (Lipinski definition) is 4. The van der Waals surface area contributed by atoms with Crippen LogP contribution in [0.5, 0.6) is 5.75 Å². The van der Waals surface area contributed by atoms with Gasteiger partial charge < -0.3 is 9.47 Å². The summed E-state index contributed by atoms with van der Waals surface area (Å²) in [6.45, 7) is 4.40. The minimum Gasteiger partial charge on any atom is -0.490 e. The van der Waals surface area contributed by atoms with E-state index in [0.29, 0.717) is 24.0 Å². The maximum atomic E-state index is 12.5. The lowest BCUT2D eigenvalue weighted by molar-refractivity contribution is 0.0525. The molecule has 0 spiro atoms. The van der Waals surface area contributed by atoms with Gasteiger partial charge >= 0.3 is 5.97 Å². The Morgan fingerprint density at radius 2 is 1.79 bits per heavy atom. The number of esters is 1. The molecule has 2 fully saturated rings. The summed E-state index contributed by atoms with van der Waals surface area (Å²) in [6, 6.07) is 16.7. The lowest BCUT2D eigenvalue weighted by Crippen LogP contribution is -2.25. The first-order valence-corrected chi connectivity index (χ1v) is 12.8. The fraction of sp³-hybridized carbons (Fsp3) is 0.448. The molecule has 1 heterocycles. The van der Waals surface area contributed by atoms with Crippen LogP contribution in [0.2, 0.25) is 0 Å². The first-order valence-electron chi connectivity index (χ1n) is 12.8. The number of rotatable bonds is 8. The number of carbonyl (C=O) groups excluding carboxylic acids is 1. The molecule has 5 heteroatoms. The van der Waals surface area contributed by atoms with E-state index in [-0.39, 0.29) is 12.1 Å². The summed E-state index contributed by atoms with van der Waals surface area (Å²) in [4.78, 5) is 12.5. The average molecular weight is 459 g/mol. The summed E-state index contributed by atoms with van der Waals surface area (Å²) in [5, 5.41) is 4.57. The van der Waals surface area contributed by atoms with Crippen molar-refractivity contribution >= 4 is 5.97 Å². The second kappa shape index (κ2) is 10.0. The minimum absolute atomic E-state index is 0.253. The average Bonchev–Trinajstić information content (AvgIpc) is 3.62. The Balaban J connectivity index is 1.35. The number of hydrogen-bond donors (Lipinski definition) is 0. The highest BCUT2D eigenvalue weighted by Gasteiger charge is 2.33. The normalized spacial score (nSPS) is 17.4. The van der Waals surface area contributed by atoms with Crippen molar-refractivity contribution in [2.24, 2.45) is 5.92 Å². The van der Waals surface area contributed by atoms with Crippen molar-refractivity contribution < 1.29 is 14.3 Å². The van der Waals surface area contributed by atoms with Crippen LogP contribution in [-0.4, -0.2) is 28.5 Å². The number of aromatic nitrogens is 2. The van der Waals surface area contributed by atoms with Gasteiger partial charge in [-0.2, -0.15) is 5.10 Å². The molecule has 0 N–H and O–H groups in total. The summed E-state index contributed by atoms with van der Waals surface area (Å²) in [7, 11) is 0. The zero-order chi connectivity index (χ0) is 23.5. The van der Waals surface area contributed by atoms with Gasteiger partial charge in [-0.25, -0.2) is 9.48 Å². The van der Waals surface area contributed by atoms with E-state index in [2.05, 4.69) is 48.4 Å². The van der Waals surface area contributed by atoms with Crippen molar-refractivity contribution in [1.82, 2.24) is 9.78 Å². The minimum atomic E-state index is -0.287. The molecular weight excluding hydrogens is 424 g/mol. The highest BCUT2D eigenvalue weighted by atomic mass is 16.5. The maximum Gasteiger partial charge on any atom is 0.341 e. The molecule has 1 aromatic heterocycles. The number of ether oxygens (including phenoxy) is 2. The molecule has 0 amide bonds. The summed E-state index contributed by atoms with van der Waals surface area (Å²) in [6.07, 6.45) is 10.6. The second-order valence-electron chi connectivity index (χ2n) is 9.65. The van der Waals surface area contributed by atoms with E-state index in [1.165, 1.54) is 32.1 Å². The van der Waals surface area contributed by atoms with Gasteiger partial charge in [0.05, 0.1) is 30.3 Å². The monoisotopic (exact) mass is 458 g/mol. The molecular formula is C29H34N2O3. The molecule has 0 aliphatic heterocycles. The Bertz CT molecular complexity index is 1120. The SMILES string of the molecule is CCOC(=O)c1cnn(-c2cccc(-c3ccc(OC(C)C4CCCCC4)cc3)c2)c1C1CC1. The van der Waals surface area contributed by atoms with E-state index < -0.39 is 0 Å². The van der Waals surface area contributed by atoms with Gasteiger partial charge in [-0.3, -0.25) is 0 Å². The Labute approximate surface area is 202 Å². The van der Waals surface area contributed by atoms with Crippen LogP contribution in [0.1, 0.15) is 80.8 Å². The molecule has 2 aliphatic carbocycles. The van der Waals surface area contributed by atoms with Gasteiger partial charge in [0.25, 0.3) is 0 Å². The number of carbonyl (C=O) groups is 1. The zero-order valence-corrected chi connectivity index (χ0v) is 20.2. The zero-order valence-electron chi connectivity index (χ0n) is 20.2. The van der Waals surface area contributed by atoms with Crippen LogP contribution in [0.15, 0.2) is 54.7 Å². The highest BCUT2D eigenvalue weighted by molar-refractivity contribution is 5.91. The first kappa shape index (κ1) is 22.7. The molecule has 178 valence electrons. The van der Waals surface area contributed by atoms with E-state index in [1.807, 2.05) is 23.7 Å². The van der Waals surface area contributed by atoms with Crippen molar-refractivity contribution in [2.45, 2.75) is 70.8 Å². The third-order valence-electron chi connectivity index (χ3n) is 7.18. The van der Waals surface area contributed by atoms with E-state index in [0.717, 1.165) is 41.1 Å². The van der Waals surface area contributed by atoms with Crippen LogP contribution in [0, 0.1) is 5.92 Å². The summed E-state index contributed by atoms with van der Waals surface area (Å²) < 4.78 is 13.4. The van der Waals surface area contributed by atoms with Crippen LogP contribution >= 0.6 is 0 Å². The molecule has 0 saturated heterocycles. The summed E-state index contributed by atoms with van der Waals surface area (Å²) in [5.74, 6) is 1.68. The summed E-state index contributed by atoms with van der Waals surface area (Å²) in [5.41, 5.74) is 4.75. The Morgan fingerprint density at radius 1 is 1.03 bits per heavy atom. The smallest absolute Gasteiger partial charge is 0.341 e. The first-order chi connectivity index (χ1) is 16.6. The second-order valence-corrected chi connectivity index (χ2v) is 9.65. The Hall–Kier alpha value is -3.08. The summed E-state index contributed by atoms with van der Waals surface area (Å²) >= 11 is 0. The maximum absolute atomic E-state index is 12.5. The van der Waals surface area contributed by atoms with Gasteiger partial charge in [-0.15, -0.1) is 0 Å². The molecule has 5 rings (SSSR count). The van der Waals surface area contributed by atoms with E-state index in [1.54, 1.807) is 6.20 Å². The van der Waals surface area contributed by atoms with E-state index in [4.69, 9.17) is 9.47 Å². The van der Waals surface area contributed by atoms with Gasteiger partial charge in [0.2, 0.25) is 0 Å². The topological polar surface area (TPSA) is 53.3 Å². The molecule has 0 bridgehead atoms. The van der Waals surface area contributed by atoms with Crippen LogP contribution in [0.3, 0.4) is 0 Å². The van der Waals surface area contributed by atoms with Gasteiger partial charge in [0.1, 0.15) is 11.3 Å². The quantitative estimate of drug-likeness (QED) is 0.343. The van der Waals surface area contributed by atoms with E-state index in [9.17, 15) is 4.79 Å². The Morgan fingerprint density at radius 3 is 2.50 bits per heavy atom. The molecule has 1 unspecified atom stereocenters. The van der Waals surface area contributed by atoms with Crippen molar-refractivity contribution in [1.29, 1.82) is 0 Å². The van der Waals surface area contributed by atoms with Gasteiger partial charge in [-0.1, -0.05) is 43.5 Å². The van der Waals surface area contributed by atoms with Crippen molar-refractivity contribution in [2.75, 3.05) is 6.61 Å². The third-order valence-corrected chi connectivity index (χ3v) is 7.18. The fourth-order valence-corrected chi connectivity index (χ4v) is 5.14. The van der Waals surface area contributed by atoms with Crippen LogP contribution in [0.25, 0.3) is 16.8 Å². The molecule has 2 saturated carbocycles. The van der Waals surface area contributed by atoms with Gasteiger partial charge in [0, 0.05) is 5.92 Å². The highest BCUT2D eigenvalue weighted by Crippen LogP contribution is 2.43. The predicted molar refractivity (Wildman–Crippen MR) is 134 cm³/mol. The van der Waals surface area contributed by atoms with Gasteiger partial charge in [0.15, 0.2) is 0 Å². The molecule has 5 nitrogen and oxygen atoms in total. The van der Waals surface area contributed by atoms with Crippen molar-refractivity contribution in [3.05, 3.63) is 66.0 Å². The van der Waals surface area contributed by atoms with Crippen molar-refractivity contribution in [3.8, 4) is 22.6 Å². The predicted octanol–water partition coefficient (Wildman–Crippen LogP) is 6.94. The van der Waals surface area contributed by atoms with Crippen LogP contribution < -0.4 is 4.74 Å². The lowest BCUT2D eigenvalue weighted by atomic mass is 9.86. The largest absolute Gasteiger partial charge is 0.490 e. The molecule has 1 atom stereocenters. The molecule has 34 heavy (non-hydrogen) atoms. The van der Waals surface area contributed by atoms with E-state index >= 15 is 0 Å². The molecule has 2 aliphatic rings. The fourth-order valence-electron chi connectivity index (χ4n) is 5.14.